The number of carbonyl (C=O) groups excluding carboxylic acids is 1. The number of rotatable bonds is 2. The number of ketones is 1. The summed E-state index contributed by atoms with van der Waals surface area (Å²) in [6, 6.07) is 0. The first kappa shape index (κ1) is 9.55. The lowest BCUT2D eigenvalue weighted by atomic mass is 9.98. The second-order valence-corrected chi connectivity index (χ2v) is 3.54. The molecule has 2 rings (SSSR count). The van der Waals surface area contributed by atoms with Crippen LogP contribution in [0, 0.1) is 0 Å². The third kappa shape index (κ3) is 1.76. The zero-order valence-electron chi connectivity index (χ0n) is 8.30. The van der Waals surface area contributed by atoms with Gasteiger partial charge in [-0.05, 0) is 7.05 Å². The molecule has 2 aliphatic heterocycles. The molecule has 0 bridgehead atoms. The Balaban J connectivity index is 2.24. The van der Waals surface area contributed by atoms with E-state index >= 15 is 0 Å². The Morgan fingerprint density at radius 2 is 2.43 bits per heavy atom. The van der Waals surface area contributed by atoms with E-state index in [1.165, 1.54) is 0 Å². The number of hydrogen-bond acceptors (Lipinski definition) is 4. The van der Waals surface area contributed by atoms with Crippen molar-refractivity contribution < 1.29 is 9.53 Å². The van der Waals surface area contributed by atoms with E-state index in [0.717, 1.165) is 23.4 Å². The van der Waals surface area contributed by atoms with E-state index in [2.05, 4.69) is 10.3 Å². The Labute approximate surface area is 83.0 Å². The van der Waals surface area contributed by atoms with Gasteiger partial charge in [-0.3, -0.25) is 9.79 Å². The van der Waals surface area contributed by atoms with Gasteiger partial charge >= 0.3 is 0 Å². The molecule has 14 heavy (non-hydrogen) atoms. The second kappa shape index (κ2) is 4.02. The normalized spacial score (nSPS) is 22.1. The number of ether oxygens (including phenoxy) is 1. The van der Waals surface area contributed by atoms with Crippen molar-refractivity contribution in [3.63, 3.8) is 0 Å². The van der Waals surface area contributed by atoms with E-state index in [0.29, 0.717) is 26.2 Å². The van der Waals surface area contributed by atoms with Gasteiger partial charge < -0.3 is 10.1 Å². The lowest BCUT2D eigenvalue weighted by Crippen LogP contribution is -2.29. The molecule has 4 heteroatoms. The molecule has 0 atom stereocenters. The fourth-order valence-electron chi connectivity index (χ4n) is 1.77. The fraction of sp³-hybridized carbons (Fsp3) is 0.600. The molecule has 76 valence electrons. The molecule has 0 saturated heterocycles. The predicted molar refractivity (Wildman–Crippen MR) is 53.4 cm³/mol. The third-order valence-corrected chi connectivity index (χ3v) is 2.45. The Morgan fingerprint density at radius 1 is 1.57 bits per heavy atom. The van der Waals surface area contributed by atoms with Gasteiger partial charge in [0.2, 0.25) is 0 Å². The summed E-state index contributed by atoms with van der Waals surface area (Å²) in [5.41, 5.74) is 2.67. The van der Waals surface area contributed by atoms with Crippen LogP contribution in [0.25, 0.3) is 0 Å². The van der Waals surface area contributed by atoms with Crippen molar-refractivity contribution in [3.8, 4) is 0 Å². The van der Waals surface area contributed by atoms with Gasteiger partial charge in [0, 0.05) is 24.3 Å². The topological polar surface area (TPSA) is 50.7 Å². The zero-order chi connectivity index (χ0) is 9.97. The van der Waals surface area contributed by atoms with E-state index in [-0.39, 0.29) is 5.78 Å². The van der Waals surface area contributed by atoms with Crippen molar-refractivity contribution in [2.45, 2.75) is 12.8 Å². The van der Waals surface area contributed by atoms with E-state index in [1.807, 2.05) is 7.05 Å². The van der Waals surface area contributed by atoms with Crippen LogP contribution in [-0.2, 0) is 9.53 Å². The molecule has 0 aromatic heterocycles. The molecular formula is C10H14N2O2. The van der Waals surface area contributed by atoms with Crippen LogP contribution < -0.4 is 5.32 Å². The first-order chi connectivity index (χ1) is 6.81. The summed E-state index contributed by atoms with van der Waals surface area (Å²) in [5.74, 6) is 0.181. The average molecular weight is 194 g/mol. The van der Waals surface area contributed by atoms with Gasteiger partial charge in [-0.2, -0.15) is 0 Å². The summed E-state index contributed by atoms with van der Waals surface area (Å²) < 4.78 is 5.24. The molecule has 2 heterocycles. The van der Waals surface area contributed by atoms with Crippen molar-refractivity contribution in [3.05, 3.63) is 11.3 Å². The maximum absolute atomic E-state index is 11.7. The highest BCUT2D eigenvalue weighted by atomic mass is 16.5. The van der Waals surface area contributed by atoms with Crippen molar-refractivity contribution in [2.75, 3.05) is 26.8 Å². The minimum Gasteiger partial charge on any atom is -0.376 e. The number of aliphatic imine (C=N–C) groups is 1. The Morgan fingerprint density at radius 3 is 3.21 bits per heavy atom. The fourth-order valence-corrected chi connectivity index (χ4v) is 1.77. The molecular weight excluding hydrogens is 180 g/mol. The average Bonchev–Trinajstić information content (AvgIpc) is 2.18. The van der Waals surface area contributed by atoms with E-state index in [1.54, 1.807) is 0 Å². The quantitative estimate of drug-likeness (QED) is 0.687. The first-order valence-electron chi connectivity index (χ1n) is 4.85. The number of carbonyl (C=O) groups is 1. The number of hydrogen-bond donors (Lipinski definition) is 1. The summed E-state index contributed by atoms with van der Waals surface area (Å²) in [4.78, 5) is 16.1. The van der Waals surface area contributed by atoms with Gasteiger partial charge in [-0.1, -0.05) is 0 Å². The molecule has 0 spiro atoms. The predicted octanol–water partition coefficient (Wildman–Crippen LogP) is 0.294. The molecule has 0 aliphatic carbocycles. The Hall–Kier alpha value is -1.00. The standard InChI is InChI=1S/C10H14N2O2/c1-11-5-7-4-10(13)8-6-14-3-2-9(8)12-7/h11H,2-6H2,1H3. The van der Waals surface area contributed by atoms with Gasteiger partial charge in [-0.25, -0.2) is 0 Å². The number of Topliss-reactive ketones (excluding diaryl/α,β-unsaturated/α-hetero) is 1. The van der Waals surface area contributed by atoms with Gasteiger partial charge in [0.1, 0.15) is 0 Å². The van der Waals surface area contributed by atoms with Gasteiger partial charge in [0.05, 0.1) is 25.3 Å². The van der Waals surface area contributed by atoms with Crippen LogP contribution >= 0.6 is 0 Å². The van der Waals surface area contributed by atoms with E-state index in [4.69, 9.17) is 4.74 Å². The molecule has 0 fully saturated rings. The van der Waals surface area contributed by atoms with Crippen molar-refractivity contribution in [2.24, 2.45) is 4.99 Å². The SMILES string of the molecule is CNCC1=NC2=C(COCC2)C(=O)C1. The Kier molecular flexibility index (Phi) is 2.74. The smallest absolute Gasteiger partial charge is 0.168 e. The van der Waals surface area contributed by atoms with E-state index < -0.39 is 0 Å². The lowest BCUT2D eigenvalue weighted by Gasteiger charge is -2.22. The van der Waals surface area contributed by atoms with Crippen LogP contribution in [-0.4, -0.2) is 38.3 Å². The van der Waals surface area contributed by atoms with Crippen molar-refractivity contribution >= 4 is 11.5 Å². The van der Waals surface area contributed by atoms with Gasteiger partial charge in [0.25, 0.3) is 0 Å². The maximum atomic E-state index is 11.7. The monoisotopic (exact) mass is 194 g/mol. The molecule has 2 aliphatic rings. The molecule has 0 unspecified atom stereocenters. The minimum atomic E-state index is 0.181. The van der Waals surface area contributed by atoms with Crippen molar-refractivity contribution in [1.82, 2.24) is 5.32 Å². The molecule has 0 saturated carbocycles. The molecule has 0 aromatic rings. The minimum absolute atomic E-state index is 0.181. The molecule has 1 N–H and O–H groups in total. The number of nitrogens with zero attached hydrogens (tertiary/aromatic N) is 1. The third-order valence-electron chi connectivity index (χ3n) is 2.45. The second-order valence-electron chi connectivity index (χ2n) is 3.54. The zero-order valence-corrected chi connectivity index (χ0v) is 8.30. The maximum Gasteiger partial charge on any atom is 0.168 e. The summed E-state index contributed by atoms with van der Waals surface area (Å²) in [6.07, 6.45) is 1.22. The Bertz CT molecular complexity index is 318. The molecule has 4 nitrogen and oxygen atoms in total. The largest absolute Gasteiger partial charge is 0.376 e. The summed E-state index contributed by atoms with van der Waals surface area (Å²) in [7, 11) is 1.86. The van der Waals surface area contributed by atoms with Crippen molar-refractivity contribution in [1.29, 1.82) is 0 Å². The van der Waals surface area contributed by atoms with Crippen LogP contribution in [0.1, 0.15) is 12.8 Å². The lowest BCUT2D eigenvalue weighted by molar-refractivity contribution is -0.115. The summed E-state index contributed by atoms with van der Waals surface area (Å²) in [6.45, 7) is 1.83. The van der Waals surface area contributed by atoms with Gasteiger partial charge in [-0.15, -0.1) is 0 Å². The molecule has 0 amide bonds. The van der Waals surface area contributed by atoms with Crippen LogP contribution in [0.4, 0.5) is 0 Å². The first-order valence-corrected chi connectivity index (χ1v) is 4.85. The van der Waals surface area contributed by atoms with Gasteiger partial charge in [0.15, 0.2) is 5.78 Å². The van der Waals surface area contributed by atoms with E-state index in [9.17, 15) is 4.79 Å². The van der Waals surface area contributed by atoms with Crippen LogP contribution in [0.3, 0.4) is 0 Å². The summed E-state index contributed by atoms with van der Waals surface area (Å²) in [5, 5.41) is 3.02. The summed E-state index contributed by atoms with van der Waals surface area (Å²) >= 11 is 0. The van der Waals surface area contributed by atoms with Crippen LogP contribution in [0.15, 0.2) is 16.3 Å². The molecule has 0 aromatic carbocycles. The van der Waals surface area contributed by atoms with Crippen LogP contribution in [0.5, 0.6) is 0 Å². The highest BCUT2D eigenvalue weighted by Crippen LogP contribution is 2.23. The highest BCUT2D eigenvalue weighted by Gasteiger charge is 2.24. The highest BCUT2D eigenvalue weighted by molar-refractivity contribution is 6.13. The number of nitrogens with one attached hydrogen (secondary N) is 1. The van der Waals surface area contributed by atoms with Crippen LogP contribution in [0.2, 0.25) is 0 Å². The molecule has 0 radical (unpaired) electrons.